The molecule has 0 radical (unpaired) electrons. The Labute approximate surface area is 124 Å². The van der Waals surface area contributed by atoms with Gasteiger partial charge in [-0.3, -0.25) is 4.79 Å². The summed E-state index contributed by atoms with van der Waals surface area (Å²) in [4.78, 5) is 14.1. The summed E-state index contributed by atoms with van der Waals surface area (Å²) in [6, 6.07) is 6.06. The predicted octanol–water partition coefficient (Wildman–Crippen LogP) is 2.21. The van der Waals surface area contributed by atoms with Gasteiger partial charge in [-0.1, -0.05) is 26.0 Å². The number of nitrogens with zero attached hydrogens (tertiary/aromatic N) is 1. The van der Waals surface area contributed by atoms with E-state index in [1.54, 1.807) is 17.0 Å². The normalized spacial score (nSPS) is 23.7. The number of amides is 1. The highest BCUT2D eigenvalue weighted by Gasteiger charge is 2.31. The number of β-amino-alcohol motifs (C(OH)–C–C–N with tert-alkyl or cyclic N) is 1. The Kier molecular flexibility index (Phi) is 5.17. The van der Waals surface area contributed by atoms with Crippen molar-refractivity contribution in [3.05, 3.63) is 30.1 Å². The van der Waals surface area contributed by atoms with E-state index in [2.05, 4.69) is 0 Å². The fourth-order valence-corrected chi connectivity index (χ4v) is 2.45. The van der Waals surface area contributed by atoms with Crippen molar-refractivity contribution >= 4 is 5.91 Å². The van der Waals surface area contributed by atoms with Gasteiger partial charge >= 0.3 is 0 Å². The Morgan fingerprint density at radius 3 is 2.86 bits per heavy atom. The average Bonchev–Trinajstić information content (AvgIpc) is 2.48. The number of ether oxygens (including phenoxy) is 1. The molecule has 1 heterocycles. The van der Waals surface area contributed by atoms with Gasteiger partial charge in [-0.2, -0.15) is 0 Å². The molecule has 0 saturated carbocycles. The molecule has 1 aliphatic heterocycles. The predicted molar refractivity (Wildman–Crippen MR) is 77.5 cm³/mol. The number of piperidine rings is 1. The summed E-state index contributed by atoms with van der Waals surface area (Å²) in [5, 5.41) is 9.89. The van der Waals surface area contributed by atoms with Gasteiger partial charge in [-0.05, 0) is 30.9 Å². The van der Waals surface area contributed by atoms with Gasteiger partial charge in [-0.15, -0.1) is 0 Å². The third kappa shape index (κ3) is 3.73. The molecule has 1 saturated heterocycles. The second-order valence-corrected chi connectivity index (χ2v) is 5.56. The Balaban J connectivity index is 2.04. The fourth-order valence-electron chi connectivity index (χ4n) is 2.45. The van der Waals surface area contributed by atoms with E-state index in [0.717, 1.165) is 6.42 Å². The van der Waals surface area contributed by atoms with E-state index in [9.17, 15) is 14.3 Å². The number of likely N-dealkylation sites (tertiary alicyclic amines) is 1. The molecule has 1 aromatic rings. The molecule has 3 atom stereocenters. The number of halogens is 1. The van der Waals surface area contributed by atoms with Crippen LogP contribution < -0.4 is 4.74 Å². The quantitative estimate of drug-likeness (QED) is 0.926. The second kappa shape index (κ2) is 6.89. The summed E-state index contributed by atoms with van der Waals surface area (Å²) in [5.41, 5.74) is 0. The molecule has 5 heteroatoms. The average molecular weight is 295 g/mol. The van der Waals surface area contributed by atoms with Crippen LogP contribution in [0.25, 0.3) is 0 Å². The van der Waals surface area contributed by atoms with Crippen LogP contribution in [-0.2, 0) is 4.79 Å². The third-order valence-corrected chi connectivity index (χ3v) is 3.98. The van der Waals surface area contributed by atoms with Crippen molar-refractivity contribution in [2.24, 2.45) is 5.92 Å². The molecule has 1 N–H and O–H groups in total. The first-order valence-electron chi connectivity index (χ1n) is 7.41. The number of carbonyl (C=O) groups excluding carboxylic acids is 1. The number of rotatable bonds is 4. The Hall–Kier alpha value is -1.62. The van der Waals surface area contributed by atoms with Gasteiger partial charge in [0.15, 0.2) is 17.7 Å². The molecular formula is C16H22FNO3. The van der Waals surface area contributed by atoms with E-state index in [0.29, 0.717) is 19.5 Å². The van der Waals surface area contributed by atoms with E-state index in [4.69, 9.17) is 4.74 Å². The van der Waals surface area contributed by atoms with Crippen molar-refractivity contribution in [1.29, 1.82) is 0 Å². The summed E-state index contributed by atoms with van der Waals surface area (Å²) in [5.74, 6) is -0.381. The van der Waals surface area contributed by atoms with Crippen molar-refractivity contribution in [3.63, 3.8) is 0 Å². The Morgan fingerprint density at radius 1 is 1.52 bits per heavy atom. The molecule has 0 aromatic heterocycles. The van der Waals surface area contributed by atoms with Crippen molar-refractivity contribution in [3.8, 4) is 5.75 Å². The topological polar surface area (TPSA) is 49.8 Å². The number of aliphatic hydroxyl groups excluding tert-OH is 1. The third-order valence-electron chi connectivity index (χ3n) is 3.98. The number of benzene rings is 1. The van der Waals surface area contributed by atoms with Crippen molar-refractivity contribution < 1.29 is 19.0 Å². The number of para-hydroxylation sites is 1. The lowest BCUT2D eigenvalue weighted by molar-refractivity contribution is -0.143. The molecule has 0 spiro atoms. The van der Waals surface area contributed by atoms with Crippen LogP contribution >= 0.6 is 0 Å². The van der Waals surface area contributed by atoms with Crippen LogP contribution in [0.2, 0.25) is 0 Å². The van der Waals surface area contributed by atoms with Crippen LogP contribution in [0.1, 0.15) is 26.7 Å². The lowest BCUT2D eigenvalue weighted by Gasteiger charge is -2.36. The summed E-state index contributed by atoms with van der Waals surface area (Å²) >= 11 is 0. The van der Waals surface area contributed by atoms with Gasteiger partial charge in [0.2, 0.25) is 0 Å². The Bertz CT molecular complexity index is 494. The van der Waals surface area contributed by atoms with E-state index in [-0.39, 0.29) is 17.6 Å². The first-order valence-corrected chi connectivity index (χ1v) is 7.41. The standard InChI is InChI=1S/C16H22FNO3/c1-3-14(21-15-7-5-4-6-12(15)17)16(20)18-9-8-11(2)13(19)10-18/h4-7,11,13-14,19H,3,8-10H2,1-2H3. The SMILES string of the molecule is CCC(Oc1ccccc1F)C(=O)N1CCC(C)C(O)C1. The van der Waals surface area contributed by atoms with E-state index in [1.165, 1.54) is 12.1 Å². The maximum absolute atomic E-state index is 13.6. The minimum absolute atomic E-state index is 0.0867. The van der Waals surface area contributed by atoms with Gasteiger partial charge in [0.05, 0.1) is 6.10 Å². The molecule has 116 valence electrons. The number of aliphatic hydroxyl groups is 1. The second-order valence-electron chi connectivity index (χ2n) is 5.56. The van der Waals surface area contributed by atoms with Crippen molar-refractivity contribution in [1.82, 2.24) is 4.90 Å². The van der Waals surface area contributed by atoms with E-state index < -0.39 is 18.0 Å². The first-order chi connectivity index (χ1) is 10.0. The van der Waals surface area contributed by atoms with Crippen LogP contribution in [0.3, 0.4) is 0 Å². The van der Waals surface area contributed by atoms with E-state index >= 15 is 0 Å². The van der Waals surface area contributed by atoms with E-state index in [1.807, 2.05) is 13.8 Å². The zero-order valence-electron chi connectivity index (χ0n) is 12.5. The van der Waals surface area contributed by atoms with Gasteiger partial charge < -0.3 is 14.7 Å². The van der Waals surface area contributed by atoms with Crippen LogP contribution in [0.4, 0.5) is 4.39 Å². The highest BCUT2D eigenvalue weighted by atomic mass is 19.1. The highest BCUT2D eigenvalue weighted by molar-refractivity contribution is 5.81. The number of carbonyl (C=O) groups is 1. The number of hydrogen-bond donors (Lipinski definition) is 1. The minimum atomic E-state index is -0.720. The van der Waals surface area contributed by atoms with Crippen LogP contribution in [-0.4, -0.2) is 41.2 Å². The molecule has 3 unspecified atom stereocenters. The zero-order valence-corrected chi connectivity index (χ0v) is 12.5. The molecule has 0 aliphatic carbocycles. The lowest BCUT2D eigenvalue weighted by atomic mass is 9.95. The molecular weight excluding hydrogens is 273 g/mol. The molecule has 2 rings (SSSR count). The summed E-state index contributed by atoms with van der Waals surface area (Å²) in [7, 11) is 0. The van der Waals surface area contributed by atoms with Gasteiger partial charge in [0.1, 0.15) is 0 Å². The highest BCUT2D eigenvalue weighted by Crippen LogP contribution is 2.22. The van der Waals surface area contributed by atoms with Gasteiger partial charge in [0, 0.05) is 13.1 Å². The summed E-state index contributed by atoms with van der Waals surface area (Å²) in [6.45, 7) is 4.72. The molecule has 1 fully saturated rings. The van der Waals surface area contributed by atoms with Crippen LogP contribution in [0.5, 0.6) is 5.75 Å². The van der Waals surface area contributed by atoms with Crippen molar-refractivity contribution in [2.45, 2.75) is 38.9 Å². The van der Waals surface area contributed by atoms with Crippen LogP contribution in [0.15, 0.2) is 24.3 Å². The maximum Gasteiger partial charge on any atom is 0.263 e. The summed E-state index contributed by atoms with van der Waals surface area (Å²) in [6.07, 6.45) is -0.00517. The molecule has 1 amide bonds. The molecule has 1 aliphatic rings. The lowest BCUT2D eigenvalue weighted by Crippen LogP contribution is -2.50. The van der Waals surface area contributed by atoms with Crippen LogP contribution in [0, 0.1) is 11.7 Å². The Morgan fingerprint density at radius 2 is 2.24 bits per heavy atom. The van der Waals surface area contributed by atoms with Gasteiger partial charge in [0.25, 0.3) is 5.91 Å². The first kappa shape index (κ1) is 15.8. The van der Waals surface area contributed by atoms with Gasteiger partial charge in [-0.25, -0.2) is 4.39 Å². The molecule has 0 bridgehead atoms. The monoisotopic (exact) mass is 295 g/mol. The fraction of sp³-hybridized carbons (Fsp3) is 0.562. The largest absolute Gasteiger partial charge is 0.478 e. The molecule has 4 nitrogen and oxygen atoms in total. The maximum atomic E-state index is 13.6. The minimum Gasteiger partial charge on any atom is -0.478 e. The van der Waals surface area contributed by atoms with Crippen molar-refractivity contribution in [2.75, 3.05) is 13.1 Å². The molecule has 1 aromatic carbocycles. The zero-order chi connectivity index (χ0) is 15.4. The number of hydrogen-bond acceptors (Lipinski definition) is 3. The summed E-state index contributed by atoms with van der Waals surface area (Å²) < 4.78 is 19.1. The smallest absolute Gasteiger partial charge is 0.263 e. The molecule has 21 heavy (non-hydrogen) atoms.